The molecule has 8 nitrogen and oxygen atoms in total. The number of nitrogens with two attached hydrogens (primary N) is 2. The Morgan fingerprint density at radius 2 is 1.59 bits per heavy atom. The summed E-state index contributed by atoms with van der Waals surface area (Å²) in [4.78, 5) is 16.8. The third kappa shape index (κ3) is 5.13. The fourth-order valence-corrected chi connectivity index (χ4v) is 4.71. The van der Waals surface area contributed by atoms with Gasteiger partial charge in [0.25, 0.3) is 0 Å². The lowest BCUT2D eigenvalue weighted by molar-refractivity contribution is 0.331. The van der Waals surface area contributed by atoms with Crippen LogP contribution in [0.3, 0.4) is 0 Å². The van der Waals surface area contributed by atoms with Gasteiger partial charge >= 0.3 is 0 Å². The number of pyridine rings is 2. The molecule has 5 aromatic rings. The Labute approximate surface area is 215 Å². The van der Waals surface area contributed by atoms with E-state index in [2.05, 4.69) is 56.6 Å². The number of nitrogen functional groups attached to an aromatic ring is 1. The molecular formula is C29H28N8. The Morgan fingerprint density at radius 1 is 0.865 bits per heavy atom. The third-order valence-corrected chi connectivity index (χ3v) is 6.45. The van der Waals surface area contributed by atoms with Crippen LogP contribution in [0.4, 0.5) is 5.82 Å². The highest BCUT2D eigenvalue weighted by atomic mass is 15.1. The molecule has 0 bridgehead atoms. The van der Waals surface area contributed by atoms with Crippen LogP contribution in [0.5, 0.6) is 0 Å². The second kappa shape index (κ2) is 10.9. The molecule has 1 saturated heterocycles. The fourth-order valence-electron chi connectivity index (χ4n) is 4.71. The first-order chi connectivity index (χ1) is 18.2. The number of hydrogen-bond acceptors (Lipinski definition) is 7. The van der Waals surface area contributed by atoms with Crippen LogP contribution < -0.4 is 11.5 Å². The Balaban J connectivity index is 0.000000892. The van der Waals surface area contributed by atoms with Crippen LogP contribution in [-0.4, -0.2) is 37.5 Å². The second-order valence-corrected chi connectivity index (χ2v) is 8.89. The molecule has 0 aliphatic carbocycles. The van der Waals surface area contributed by atoms with Crippen molar-refractivity contribution < 1.29 is 0 Å². The van der Waals surface area contributed by atoms with Gasteiger partial charge in [0.2, 0.25) is 0 Å². The molecule has 3 aromatic heterocycles. The minimum atomic E-state index is 0.452. The zero-order valence-corrected chi connectivity index (χ0v) is 20.5. The van der Waals surface area contributed by atoms with Crippen molar-refractivity contribution in [2.75, 3.05) is 18.8 Å². The number of aromatic nitrogens is 4. The van der Waals surface area contributed by atoms with Crippen molar-refractivity contribution in [2.45, 2.75) is 19.4 Å². The van der Waals surface area contributed by atoms with Crippen LogP contribution in [0.2, 0.25) is 0 Å². The van der Waals surface area contributed by atoms with E-state index in [1.165, 1.54) is 37.7 Å². The van der Waals surface area contributed by atoms with E-state index < -0.39 is 0 Å². The first kappa shape index (κ1) is 24.0. The minimum absolute atomic E-state index is 0.452. The molecular weight excluding hydrogens is 460 g/mol. The van der Waals surface area contributed by atoms with Crippen molar-refractivity contribution in [3.8, 4) is 34.5 Å². The van der Waals surface area contributed by atoms with E-state index in [1.807, 2.05) is 42.5 Å². The zero-order valence-electron chi connectivity index (χ0n) is 20.5. The molecule has 1 aliphatic rings. The summed E-state index contributed by atoms with van der Waals surface area (Å²) in [7, 11) is 0. The van der Waals surface area contributed by atoms with Gasteiger partial charge in [-0.05, 0) is 67.9 Å². The molecule has 1 fully saturated rings. The van der Waals surface area contributed by atoms with Crippen LogP contribution in [0, 0.1) is 11.5 Å². The molecule has 0 amide bonds. The van der Waals surface area contributed by atoms with Gasteiger partial charge in [0, 0.05) is 24.0 Å². The summed E-state index contributed by atoms with van der Waals surface area (Å²) in [5.74, 6) is 1.19. The SMILES string of the molecule is N#CN.Nc1ncccc1-c1nc2ccc(-c3ccccc3)nc2n1-c1ccc(CN2CCCC2)cc1. The number of likely N-dealkylation sites (tertiary alicyclic amines) is 1. The molecule has 4 heterocycles. The predicted octanol–water partition coefficient (Wildman–Crippen LogP) is 4.75. The number of nitriles is 1. The van der Waals surface area contributed by atoms with E-state index >= 15 is 0 Å². The van der Waals surface area contributed by atoms with Crippen LogP contribution in [-0.2, 0) is 6.54 Å². The number of imidazole rings is 1. The number of hydrogen-bond donors (Lipinski definition) is 2. The van der Waals surface area contributed by atoms with Gasteiger partial charge in [-0.1, -0.05) is 42.5 Å². The maximum Gasteiger partial charge on any atom is 0.173 e. The Kier molecular flexibility index (Phi) is 7.06. The topological polar surface area (TPSA) is 123 Å². The average Bonchev–Trinajstić information content (AvgIpc) is 3.58. The van der Waals surface area contributed by atoms with Crippen molar-refractivity contribution >= 4 is 17.0 Å². The number of fused-ring (bicyclic) bond motifs is 1. The van der Waals surface area contributed by atoms with Crippen LogP contribution >= 0.6 is 0 Å². The highest BCUT2D eigenvalue weighted by Gasteiger charge is 2.19. The van der Waals surface area contributed by atoms with Gasteiger partial charge in [0.1, 0.15) is 11.3 Å². The van der Waals surface area contributed by atoms with Crippen LogP contribution in [0.25, 0.3) is 39.5 Å². The number of rotatable bonds is 5. The van der Waals surface area contributed by atoms with Gasteiger partial charge in [0.15, 0.2) is 17.7 Å². The Bertz CT molecular complexity index is 1530. The van der Waals surface area contributed by atoms with E-state index in [0.29, 0.717) is 5.82 Å². The summed E-state index contributed by atoms with van der Waals surface area (Å²) in [5.41, 5.74) is 17.1. The lowest BCUT2D eigenvalue weighted by Crippen LogP contribution is -2.18. The maximum atomic E-state index is 7.10. The molecule has 4 N–H and O–H groups in total. The number of nitrogens with zero attached hydrogens (tertiary/aromatic N) is 6. The average molecular weight is 489 g/mol. The molecule has 6 rings (SSSR count). The van der Waals surface area contributed by atoms with Gasteiger partial charge in [-0.15, -0.1) is 0 Å². The summed E-state index contributed by atoms with van der Waals surface area (Å²) >= 11 is 0. The van der Waals surface area contributed by atoms with Crippen molar-refractivity contribution in [3.63, 3.8) is 0 Å². The quantitative estimate of drug-likeness (QED) is 0.270. The molecule has 184 valence electrons. The Morgan fingerprint density at radius 3 is 2.30 bits per heavy atom. The fraction of sp³-hybridized carbons (Fsp3) is 0.172. The molecule has 37 heavy (non-hydrogen) atoms. The molecule has 0 unspecified atom stereocenters. The maximum absolute atomic E-state index is 7.10. The van der Waals surface area contributed by atoms with Gasteiger partial charge in [-0.3, -0.25) is 9.47 Å². The van der Waals surface area contributed by atoms with Gasteiger partial charge in [-0.2, -0.15) is 5.26 Å². The summed E-state index contributed by atoms with van der Waals surface area (Å²) < 4.78 is 2.09. The van der Waals surface area contributed by atoms with Crippen molar-refractivity contribution in [1.29, 1.82) is 5.26 Å². The van der Waals surface area contributed by atoms with Crippen molar-refractivity contribution in [3.05, 3.63) is 90.6 Å². The lowest BCUT2D eigenvalue weighted by Gasteiger charge is -2.15. The monoisotopic (exact) mass is 488 g/mol. The molecule has 0 radical (unpaired) electrons. The normalized spacial score (nSPS) is 13.2. The zero-order chi connectivity index (χ0) is 25.6. The van der Waals surface area contributed by atoms with E-state index in [0.717, 1.165) is 46.0 Å². The number of benzene rings is 2. The van der Waals surface area contributed by atoms with E-state index in [4.69, 9.17) is 21.0 Å². The molecule has 1 aliphatic heterocycles. The van der Waals surface area contributed by atoms with Crippen molar-refractivity contribution in [1.82, 2.24) is 24.4 Å². The van der Waals surface area contributed by atoms with Gasteiger partial charge in [-0.25, -0.2) is 15.0 Å². The van der Waals surface area contributed by atoms with Gasteiger partial charge in [0.05, 0.1) is 11.3 Å². The third-order valence-electron chi connectivity index (χ3n) is 6.45. The largest absolute Gasteiger partial charge is 0.383 e. The standard InChI is InChI=1S/C28H26N6.CH2N2/c29-26-23(9-6-16-30-26)27-32-25-15-14-24(21-7-2-1-3-8-21)31-28(25)34(27)22-12-10-20(11-13-22)19-33-17-4-5-18-33;2-1-3/h1-3,6-16H,4-5,17-19H2,(H2,29,30);2H2. The summed E-state index contributed by atoms with van der Waals surface area (Å²) in [6.45, 7) is 3.36. The van der Waals surface area contributed by atoms with Gasteiger partial charge < -0.3 is 11.5 Å². The molecule has 8 heteroatoms. The highest BCUT2D eigenvalue weighted by molar-refractivity contribution is 5.84. The van der Waals surface area contributed by atoms with Crippen molar-refractivity contribution in [2.24, 2.45) is 5.73 Å². The summed E-state index contributed by atoms with van der Waals surface area (Å²) in [6, 6.07) is 26.8. The van der Waals surface area contributed by atoms with E-state index in [-0.39, 0.29) is 0 Å². The van der Waals surface area contributed by atoms with Crippen LogP contribution in [0.15, 0.2) is 85.1 Å². The highest BCUT2D eigenvalue weighted by Crippen LogP contribution is 2.31. The molecule has 0 saturated carbocycles. The second-order valence-electron chi connectivity index (χ2n) is 8.89. The molecule has 0 atom stereocenters. The molecule has 0 spiro atoms. The minimum Gasteiger partial charge on any atom is -0.383 e. The molecule has 2 aromatic carbocycles. The first-order valence-corrected chi connectivity index (χ1v) is 12.2. The van der Waals surface area contributed by atoms with E-state index in [9.17, 15) is 0 Å². The predicted molar refractivity (Wildman–Crippen MR) is 146 cm³/mol. The smallest absolute Gasteiger partial charge is 0.173 e. The first-order valence-electron chi connectivity index (χ1n) is 12.2. The Hall–Kier alpha value is -4.74. The summed E-state index contributed by atoms with van der Waals surface area (Å²) in [5, 5.41) is 7.10. The lowest BCUT2D eigenvalue weighted by atomic mass is 10.1. The van der Waals surface area contributed by atoms with Crippen LogP contribution in [0.1, 0.15) is 18.4 Å². The van der Waals surface area contributed by atoms with E-state index in [1.54, 1.807) is 6.20 Å². The summed E-state index contributed by atoms with van der Waals surface area (Å²) in [6.07, 6.45) is 5.54. The number of anilines is 1.